The van der Waals surface area contributed by atoms with Crippen LogP contribution in [0.2, 0.25) is 0 Å². The van der Waals surface area contributed by atoms with E-state index in [1.165, 1.54) is 45.2 Å². The summed E-state index contributed by atoms with van der Waals surface area (Å²) in [5, 5.41) is 3.83. The molecule has 0 aromatic carbocycles. The molecule has 0 radical (unpaired) electrons. The van der Waals surface area contributed by atoms with Crippen LogP contribution in [-0.2, 0) is 0 Å². The van der Waals surface area contributed by atoms with Gasteiger partial charge in [0.1, 0.15) is 0 Å². The molecule has 0 spiro atoms. The van der Waals surface area contributed by atoms with Crippen molar-refractivity contribution in [1.29, 1.82) is 0 Å². The molecule has 1 aliphatic carbocycles. The lowest BCUT2D eigenvalue weighted by Gasteiger charge is -2.35. The van der Waals surface area contributed by atoms with Gasteiger partial charge in [-0.1, -0.05) is 6.92 Å². The van der Waals surface area contributed by atoms with Crippen LogP contribution in [0.25, 0.3) is 0 Å². The third-order valence-corrected chi connectivity index (χ3v) is 4.38. The number of fused-ring (bicyclic) bond motifs is 1. The zero-order chi connectivity index (χ0) is 9.54. The second-order valence-electron chi connectivity index (χ2n) is 5.54. The van der Waals surface area contributed by atoms with Crippen LogP contribution in [0, 0.1) is 5.92 Å². The van der Waals surface area contributed by atoms with Crippen molar-refractivity contribution in [2.75, 3.05) is 13.1 Å². The number of nitrogens with one attached hydrogen (secondary N) is 1. The average Bonchev–Trinajstić information content (AvgIpc) is 2.70. The molecule has 2 saturated heterocycles. The molecule has 0 bridgehead atoms. The zero-order valence-electron chi connectivity index (χ0n) is 9.21. The lowest BCUT2D eigenvalue weighted by molar-refractivity contribution is 0.166. The van der Waals surface area contributed by atoms with E-state index in [0.717, 1.165) is 24.0 Å². The second-order valence-corrected chi connectivity index (χ2v) is 5.54. The van der Waals surface area contributed by atoms with E-state index in [1.54, 1.807) is 0 Å². The molecule has 0 aromatic rings. The van der Waals surface area contributed by atoms with E-state index in [4.69, 9.17) is 0 Å². The summed E-state index contributed by atoms with van der Waals surface area (Å²) >= 11 is 0. The highest BCUT2D eigenvalue weighted by Crippen LogP contribution is 2.32. The van der Waals surface area contributed by atoms with Gasteiger partial charge in [0, 0.05) is 18.1 Å². The minimum atomic E-state index is 0.837. The van der Waals surface area contributed by atoms with Crippen molar-refractivity contribution in [2.24, 2.45) is 5.92 Å². The Morgan fingerprint density at radius 3 is 2.79 bits per heavy atom. The molecule has 4 atom stereocenters. The minimum absolute atomic E-state index is 0.837. The smallest absolute Gasteiger partial charge is 0.0111 e. The first-order valence-corrected chi connectivity index (χ1v) is 6.33. The van der Waals surface area contributed by atoms with E-state index < -0.39 is 0 Å². The lowest BCUT2D eigenvalue weighted by Crippen LogP contribution is -2.46. The monoisotopic (exact) mass is 194 g/mol. The van der Waals surface area contributed by atoms with Crippen molar-refractivity contribution < 1.29 is 0 Å². The van der Waals surface area contributed by atoms with Gasteiger partial charge in [-0.3, -0.25) is 0 Å². The second kappa shape index (κ2) is 3.49. The van der Waals surface area contributed by atoms with Crippen molar-refractivity contribution in [3.63, 3.8) is 0 Å². The molecular weight excluding hydrogens is 172 g/mol. The van der Waals surface area contributed by atoms with Crippen LogP contribution in [0.5, 0.6) is 0 Å². The molecule has 1 N–H and O–H groups in total. The fourth-order valence-corrected chi connectivity index (χ4v) is 3.23. The van der Waals surface area contributed by atoms with Crippen LogP contribution >= 0.6 is 0 Å². The summed E-state index contributed by atoms with van der Waals surface area (Å²) in [6, 6.07) is 2.63. The van der Waals surface area contributed by atoms with Crippen molar-refractivity contribution in [3.05, 3.63) is 0 Å². The predicted octanol–water partition coefficient (Wildman–Crippen LogP) is 1.61. The zero-order valence-corrected chi connectivity index (χ0v) is 9.21. The van der Waals surface area contributed by atoms with E-state index >= 15 is 0 Å². The Kier molecular flexibility index (Phi) is 2.29. The van der Waals surface area contributed by atoms with Gasteiger partial charge in [0.15, 0.2) is 0 Å². The fraction of sp³-hybridized carbons (Fsp3) is 1.00. The summed E-state index contributed by atoms with van der Waals surface area (Å²) in [4.78, 5) is 2.70. The van der Waals surface area contributed by atoms with Crippen molar-refractivity contribution >= 4 is 0 Å². The van der Waals surface area contributed by atoms with E-state index in [-0.39, 0.29) is 0 Å². The Balaban J connectivity index is 1.51. The highest BCUT2D eigenvalue weighted by molar-refractivity contribution is 4.96. The topological polar surface area (TPSA) is 15.3 Å². The van der Waals surface area contributed by atoms with Gasteiger partial charge < -0.3 is 10.2 Å². The van der Waals surface area contributed by atoms with Crippen LogP contribution in [-0.4, -0.2) is 36.1 Å². The summed E-state index contributed by atoms with van der Waals surface area (Å²) in [5.74, 6) is 0.955. The van der Waals surface area contributed by atoms with Gasteiger partial charge in [0.25, 0.3) is 0 Å². The van der Waals surface area contributed by atoms with E-state index in [9.17, 15) is 0 Å². The summed E-state index contributed by atoms with van der Waals surface area (Å²) in [5.41, 5.74) is 0. The third-order valence-electron chi connectivity index (χ3n) is 4.38. The molecule has 4 unspecified atom stereocenters. The van der Waals surface area contributed by atoms with Gasteiger partial charge in [0.2, 0.25) is 0 Å². The molecule has 2 heterocycles. The predicted molar refractivity (Wildman–Crippen MR) is 58.3 cm³/mol. The Morgan fingerprint density at radius 2 is 2.00 bits per heavy atom. The van der Waals surface area contributed by atoms with Gasteiger partial charge in [0.05, 0.1) is 0 Å². The quantitative estimate of drug-likeness (QED) is 0.718. The Bertz CT molecular complexity index is 216. The van der Waals surface area contributed by atoms with Crippen molar-refractivity contribution in [1.82, 2.24) is 10.2 Å². The number of hydrogen-bond donors (Lipinski definition) is 1. The van der Waals surface area contributed by atoms with E-state index in [1.807, 2.05) is 0 Å². The van der Waals surface area contributed by atoms with Gasteiger partial charge >= 0.3 is 0 Å². The SMILES string of the molecule is CC1CC1NC1CCN2CCCC2C1. The molecule has 14 heavy (non-hydrogen) atoms. The molecule has 3 aliphatic rings. The molecule has 2 nitrogen and oxygen atoms in total. The maximum atomic E-state index is 3.83. The Morgan fingerprint density at radius 1 is 1.14 bits per heavy atom. The normalized spacial score (nSPS) is 47.8. The van der Waals surface area contributed by atoms with Gasteiger partial charge in [-0.05, 0) is 51.1 Å². The Hall–Kier alpha value is -0.0800. The largest absolute Gasteiger partial charge is 0.311 e. The Labute approximate surface area is 87.0 Å². The van der Waals surface area contributed by atoms with Gasteiger partial charge in [-0.2, -0.15) is 0 Å². The number of rotatable bonds is 2. The summed E-state index contributed by atoms with van der Waals surface area (Å²) < 4.78 is 0. The van der Waals surface area contributed by atoms with Crippen molar-refractivity contribution in [3.8, 4) is 0 Å². The van der Waals surface area contributed by atoms with Crippen molar-refractivity contribution in [2.45, 2.75) is 57.2 Å². The molecule has 0 aromatic heterocycles. The number of piperidine rings is 1. The van der Waals surface area contributed by atoms with Crippen LogP contribution in [0.4, 0.5) is 0 Å². The molecule has 2 aliphatic heterocycles. The molecular formula is C12H22N2. The molecule has 80 valence electrons. The van der Waals surface area contributed by atoms with Crippen LogP contribution in [0.15, 0.2) is 0 Å². The molecule has 1 saturated carbocycles. The van der Waals surface area contributed by atoms with E-state index in [2.05, 4.69) is 17.1 Å². The summed E-state index contributed by atoms with van der Waals surface area (Å²) in [6.45, 7) is 5.09. The van der Waals surface area contributed by atoms with Crippen LogP contribution in [0.3, 0.4) is 0 Å². The molecule has 3 rings (SSSR count). The summed E-state index contributed by atoms with van der Waals surface area (Å²) in [6.07, 6.45) is 7.13. The molecule has 3 fully saturated rings. The van der Waals surface area contributed by atoms with E-state index in [0.29, 0.717) is 0 Å². The minimum Gasteiger partial charge on any atom is -0.311 e. The third kappa shape index (κ3) is 1.70. The average molecular weight is 194 g/mol. The van der Waals surface area contributed by atoms with Crippen LogP contribution in [0.1, 0.15) is 39.0 Å². The standard InChI is InChI=1S/C12H22N2/c1-9-7-12(9)13-10-4-6-14-5-2-3-11(14)8-10/h9-13H,2-8H2,1H3. The maximum absolute atomic E-state index is 3.83. The molecule has 0 amide bonds. The first-order valence-electron chi connectivity index (χ1n) is 6.33. The van der Waals surface area contributed by atoms with Gasteiger partial charge in [-0.25, -0.2) is 0 Å². The first-order chi connectivity index (χ1) is 6.83. The van der Waals surface area contributed by atoms with Crippen LogP contribution < -0.4 is 5.32 Å². The molecule has 2 heteroatoms. The summed E-state index contributed by atoms with van der Waals surface area (Å²) in [7, 11) is 0. The fourth-order valence-electron chi connectivity index (χ4n) is 3.23. The maximum Gasteiger partial charge on any atom is 0.0111 e. The lowest BCUT2D eigenvalue weighted by atomic mass is 9.97. The highest BCUT2D eigenvalue weighted by Gasteiger charge is 2.37. The number of nitrogens with zero attached hydrogens (tertiary/aromatic N) is 1. The first kappa shape index (κ1) is 9.17. The highest BCUT2D eigenvalue weighted by atomic mass is 15.2. The number of hydrogen-bond acceptors (Lipinski definition) is 2. The van der Waals surface area contributed by atoms with Gasteiger partial charge in [-0.15, -0.1) is 0 Å².